The summed E-state index contributed by atoms with van der Waals surface area (Å²) in [4.78, 5) is 87.0. The lowest BCUT2D eigenvalue weighted by molar-refractivity contribution is -0.161. The fraction of sp³-hybridized carbons (Fsp3) is 0.321. The maximum absolute atomic E-state index is 13.4. The second-order valence-electron chi connectivity index (χ2n) is 11.2. The first-order chi connectivity index (χ1) is 23.0. The minimum Gasteiger partial charge on any atom is -0.504 e. The zero-order valence-corrected chi connectivity index (χ0v) is 27.3. The zero-order chi connectivity index (χ0) is 35.9. The molecule has 49 heavy (non-hydrogen) atoms. The van der Waals surface area contributed by atoms with E-state index in [4.69, 9.17) is 10.6 Å². The molecule has 0 radical (unpaired) electrons. The summed E-state index contributed by atoms with van der Waals surface area (Å²) in [5, 5.41) is 54.5. The highest BCUT2D eigenvalue weighted by Crippen LogP contribution is 2.41. The van der Waals surface area contributed by atoms with Crippen LogP contribution in [0.15, 0.2) is 38.7 Å². The number of benzene rings is 1. The number of thiazole rings is 1. The number of β-lactam (4-membered cyclic amide) rings is 1. The van der Waals surface area contributed by atoms with Crippen LogP contribution in [0.3, 0.4) is 0 Å². The van der Waals surface area contributed by atoms with Crippen molar-refractivity contribution < 1.29 is 49.2 Å². The molecule has 2 aromatic heterocycles. The number of H-pyrrole nitrogens is 1. The fourth-order valence-electron chi connectivity index (χ4n) is 4.89. The SMILES string of the molecule is CCC(NC(=O)c1n[nH]c2cc(O)c(O)cc2c1=O)C1=C(C(=O)O)N2C(=O)C(NC(=O)/C(=N\OC(C)(C)C(=O)O)c3csc(N)n3)[C@@H]2SC1. The number of aromatic amines is 1. The predicted octanol–water partition coefficient (Wildman–Crippen LogP) is -0.0959. The Morgan fingerprint density at radius 2 is 1.90 bits per heavy atom. The molecule has 258 valence electrons. The molecule has 1 saturated heterocycles. The van der Waals surface area contributed by atoms with Gasteiger partial charge in [0.05, 0.1) is 16.9 Å². The van der Waals surface area contributed by atoms with E-state index in [1.807, 2.05) is 0 Å². The molecule has 0 spiro atoms. The van der Waals surface area contributed by atoms with Crippen LogP contribution in [0.2, 0.25) is 0 Å². The van der Waals surface area contributed by atoms with E-state index in [0.717, 1.165) is 40.1 Å². The van der Waals surface area contributed by atoms with Crippen molar-refractivity contribution in [1.29, 1.82) is 0 Å². The molecule has 3 amide bonds. The Balaban J connectivity index is 1.38. The first-order valence-corrected chi connectivity index (χ1v) is 16.2. The number of oxime groups is 1. The number of hydrogen-bond acceptors (Lipinski definition) is 15. The first kappa shape index (κ1) is 34.6. The Labute approximate surface area is 282 Å². The molecular weight excluding hydrogens is 688 g/mol. The summed E-state index contributed by atoms with van der Waals surface area (Å²) in [5.74, 6) is -6.67. The van der Waals surface area contributed by atoms with E-state index in [-0.39, 0.29) is 39.5 Å². The largest absolute Gasteiger partial charge is 0.504 e. The number of nitrogens with one attached hydrogen (secondary N) is 3. The van der Waals surface area contributed by atoms with Gasteiger partial charge in [-0.2, -0.15) is 5.10 Å². The maximum Gasteiger partial charge on any atom is 0.352 e. The van der Waals surface area contributed by atoms with Crippen LogP contribution in [-0.4, -0.2) is 105 Å². The predicted molar refractivity (Wildman–Crippen MR) is 173 cm³/mol. The number of nitrogen functional groups attached to an aromatic ring is 1. The highest BCUT2D eigenvalue weighted by atomic mass is 32.2. The van der Waals surface area contributed by atoms with Crippen LogP contribution in [-0.2, 0) is 24.0 Å². The molecule has 1 fully saturated rings. The molecule has 1 aromatic carbocycles. The third-order valence-electron chi connectivity index (χ3n) is 7.56. The van der Waals surface area contributed by atoms with Gasteiger partial charge < -0.3 is 41.6 Å². The number of carboxylic acid groups (broad SMARTS) is 2. The van der Waals surface area contributed by atoms with E-state index >= 15 is 0 Å². The van der Waals surface area contributed by atoms with Crippen molar-refractivity contribution in [1.82, 2.24) is 30.7 Å². The Kier molecular flexibility index (Phi) is 9.24. The fourth-order valence-corrected chi connectivity index (χ4v) is 6.86. The van der Waals surface area contributed by atoms with Crippen LogP contribution >= 0.6 is 23.1 Å². The number of carboxylic acids is 2. The molecule has 2 unspecified atom stereocenters. The molecule has 21 heteroatoms. The number of anilines is 1. The number of amides is 3. The van der Waals surface area contributed by atoms with Gasteiger partial charge in [0.25, 0.3) is 17.7 Å². The third kappa shape index (κ3) is 6.44. The maximum atomic E-state index is 13.4. The number of phenols is 2. The molecule has 5 rings (SSSR count). The Bertz CT molecular complexity index is 2040. The molecule has 2 aliphatic heterocycles. The number of aromatic nitrogens is 3. The number of aromatic hydroxyl groups is 2. The summed E-state index contributed by atoms with van der Waals surface area (Å²) < 4.78 is 0. The van der Waals surface area contributed by atoms with Crippen molar-refractivity contribution in [3.63, 3.8) is 0 Å². The number of carbonyl (C=O) groups is 5. The smallest absolute Gasteiger partial charge is 0.352 e. The molecule has 9 N–H and O–H groups in total. The van der Waals surface area contributed by atoms with Gasteiger partial charge >= 0.3 is 11.9 Å². The van der Waals surface area contributed by atoms with Gasteiger partial charge in [0.1, 0.15) is 22.8 Å². The van der Waals surface area contributed by atoms with Gasteiger partial charge in [-0.1, -0.05) is 12.1 Å². The van der Waals surface area contributed by atoms with Gasteiger partial charge in [0, 0.05) is 17.2 Å². The Morgan fingerprint density at radius 3 is 2.51 bits per heavy atom. The van der Waals surface area contributed by atoms with E-state index in [1.165, 1.54) is 19.2 Å². The van der Waals surface area contributed by atoms with Gasteiger partial charge in [0.2, 0.25) is 11.0 Å². The number of rotatable bonds is 11. The molecular formula is C28H28N8O11S2. The molecule has 0 bridgehead atoms. The monoisotopic (exact) mass is 716 g/mol. The number of nitrogens with zero attached hydrogens (tertiary/aromatic N) is 4. The average molecular weight is 717 g/mol. The summed E-state index contributed by atoms with van der Waals surface area (Å²) in [6.07, 6.45) is 0.148. The van der Waals surface area contributed by atoms with Gasteiger partial charge in [0.15, 0.2) is 28.0 Å². The van der Waals surface area contributed by atoms with Crippen molar-refractivity contribution in [3.05, 3.63) is 50.4 Å². The summed E-state index contributed by atoms with van der Waals surface area (Å²) in [5.41, 5.74) is 1.68. The van der Waals surface area contributed by atoms with Crippen LogP contribution in [0, 0.1) is 0 Å². The second kappa shape index (κ2) is 13.1. The topological polar surface area (TPSA) is 300 Å². The molecule has 0 saturated carbocycles. The van der Waals surface area contributed by atoms with Crippen LogP contribution < -0.4 is 21.8 Å². The van der Waals surface area contributed by atoms with Crippen molar-refractivity contribution in [3.8, 4) is 11.5 Å². The first-order valence-electron chi connectivity index (χ1n) is 14.2. The minimum absolute atomic E-state index is 0.00459. The summed E-state index contributed by atoms with van der Waals surface area (Å²) >= 11 is 2.08. The second-order valence-corrected chi connectivity index (χ2v) is 13.2. The van der Waals surface area contributed by atoms with Crippen LogP contribution in [0.1, 0.15) is 43.4 Å². The Hall–Kier alpha value is -5.70. The van der Waals surface area contributed by atoms with E-state index < -0.39 is 86.7 Å². The van der Waals surface area contributed by atoms with Gasteiger partial charge in [-0.3, -0.25) is 29.2 Å². The number of hydrogen-bond donors (Lipinski definition) is 8. The number of fused-ring (bicyclic) bond motifs is 2. The summed E-state index contributed by atoms with van der Waals surface area (Å²) in [6.45, 7) is 4.05. The molecule has 19 nitrogen and oxygen atoms in total. The third-order valence-corrected chi connectivity index (χ3v) is 9.53. The lowest BCUT2D eigenvalue weighted by atomic mass is 9.97. The van der Waals surface area contributed by atoms with Crippen LogP contribution in [0.25, 0.3) is 10.9 Å². The van der Waals surface area contributed by atoms with Crippen molar-refractivity contribution in [2.24, 2.45) is 5.16 Å². The minimum atomic E-state index is -1.83. The highest BCUT2D eigenvalue weighted by Gasteiger charge is 2.55. The zero-order valence-electron chi connectivity index (χ0n) is 25.7. The number of carbonyl (C=O) groups excluding carboxylic acids is 3. The van der Waals surface area contributed by atoms with E-state index in [9.17, 15) is 49.2 Å². The number of aliphatic carboxylic acids is 2. The van der Waals surface area contributed by atoms with Crippen molar-refractivity contribution >= 4 is 74.5 Å². The van der Waals surface area contributed by atoms with Gasteiger partial charge in [-0.25, -0.2) is 14.6 Å². The van der Waals surface area contributed by atoms with Gasteiger partial charge in [-0.05, 0) is 31.9 Å². The molecule has 3 aromatic rings. The van der Waals surface area contributed by atoms with E-state index in [1.54, 1.807) is 6.92 Å². The van der Waals surface area contributed by atoms with E-state index in [0.29, 0.717) is 0 Å². The highest BCUT2D eigenvalue weighted by molar-refractivity contribution is 8.00. The molecule has 3 atom stereocenters. The number of thioether (sulfide) groups is 1. The normalized spacial score (nSPS) is 18.4. The number of phenolic OH excluding ortho intramolecular Hbond substituents is 2. The molecule has 2 aliphatic rings. The average Bonchev–Trinajstić information content (AvgIpc) is 3.48. The number of nitrogens with two attached hydrogens (primary N) is 1. The Morgan fingerprint density at radius 1 is 1.20 bits per heavy atom. The summed E-state index contributed by atoms with van der Waals surface area (Å²) in [7, 11) is 0. The molecule has 4 heterocycles. The van der Waals surface area contributed by atoms with Gasteiger partial charge in [-0.15, -0.1) is 23.1 Å². The standard InChI is InChI=1S/C28H28N8O11S2/c1-4-11(30-22(41)17-20(39)9-5-14(37)15(38)6-12(9)33-34-17)10-7-48-24-18(23(42)36(24)19(10)25(43)44)32-21(40)16(13-8-49-27(29)31-13)35-47-28(2,3)26(45)46/h5-6,8,11,18,24,37-38H,4,7H2,1-3H3,(H2,29,31)(H,30,41)(H,32,40)(H,33,39)(H,43,44)(H,45,46)/b35-16-/t11?,18?,24-/m0/s1. The van der Waals surface area contributed by atoms with E-state index in [2.05, 4.69) is 31.0 Å². The lowest BCUT2D eigenvalue weighted by Crippen LogP contribution is -2.71. The van der Waals surface area contributed by atoms with Crippen LogP contribution in [0.5, 0.6) is 11.5 Å². The van der Waals surface area contributed by atoms with Crippen molar-refractivity contribution in [2.75, 3.05) is 11.5 Å². The lowest BCUT2D eigenvalue weighted by Gasteiger charge is -2.50. The van der Waals surface area contributed by atoms with Crippen molar-refractivity contribution in [2.45, 2.75) is 50.3 Å². The molecule has 0 aliphatic carbocycles. The quantitative estimate of drug-likeness (QED) is 0.0556. The summed E-state index contributed by atoms with van der Waals surface area (Å²) in [6, 6.07) is -0.168. The van der Waals surface area contributed by atoms with Crippen LogP contribution in [0.4, 0.5) is 5.13 Å².